The van der Waals surface area contributed by atoms with Crippen LogP contribution in [0.2, 0.25) is 0 Å². The molecule has 0 aliphatic heterocycles. The van der Waals surface area contributed by atoms with Gasteiger partial charge in [-0.25, -0.2) is 0 Å². The summed E-state index contributed by atoms with van der Waals surface area (Å²) in [5.41, 5.74) is 4.45. The first-order valence-corrected chi connectivity index (χ1v) is 8.95. The van der Waals surface area contributed by atoms with E-state index in [1.54, 1.807) is 10.9 Å². The van der Waals surface area contributed by atoms with E-state index in [1.165, 1.54) is 36.9 Å². The zero-order valence-corrected chi connectivity index (χ0v) is 14.5. The van der Waals surface area contributed by atoms with Gasteiger partial charge in [-0.2, -0.15) is 5.10 Å². The van der Waals surface area contributed by atoms with Gasteiger partial charge in [-0.05, 0) is 61.4 Å². The summed E-state index contributed by atoms with van der Waals surface area (Å²) in [6.07, 6.45) is 8.08. The van der Waals surface area contributed by atoms with E-state index in [0.717, 1.165) is 17.0 Å². The Bertz CT molecular complexity index is 760. The quantitative estimate of drug-likeness (QED) is 0.797. The van der Waals surface area contributed by atoms with Crippen LogP contribution in [0.15, 0.2) is 30.6 Å². The van der Waals surface area contributed by atoms with Crippen molar-refractivity contribution in [2.75, 3.05) is 6.54 Å². The van der Waals surface area contributed by atoms with Gasteiger partial charge in [0.05, 0.1) is 6.20 Å². The van der Waals surface area contributed by atoms with Gasteiger partial charge in [0.15, 0.2) is 5.78 Å². The van der Waals surface area contributed by atoms with Crippen molar-refractivity contribution >= 4 is 5.78 Å². The summed E-state index contributed by atoms with van der Waals surface area (Å²) in [4.78, 5) is 12.6. The Morgan fingerprint density at radius 3 is 2.92 bits per heavy atom. The Morgan fingerprint density at radius 1 is 1.38 bits per heavy atom. The number of rotatable bonds is 7. The number of carbonyl (C=O) groups is 1. The fourth-order valence-corrected chi connectivity index (χ4v) is 3.47. The topological polar surface area (TPSA) is 46.9 Å². The van der Waals surface area contributed by atoms with Gasteiger partial charge in [0, 0.05) is 37.2 Å². The van der Waals surface area contributed by atoms with Crippen LogP contribution in [0.5, 0.6) is 0 Å². The lowest BCUT2D eigenvalue weighted by Gasteiger charge is -2.09. The third kappa shape index (κ3) is 3.44. The van der Waals surface area contributed by atoms with Crippen molar-refractivity contribution in [2.24, 2.45) is 13.0 Å². The van der Waals surface area contributed by atoms with Gasteiger partial charge in [0.25, 0.3) is 0 Å². The van der Waals surface area contributed by atoms with Gasteiger partial charge >= 0.3 is 0 Å². The third-order valence-corrected chi connectivity index (χ3v) is 5.28. The van der Waals surface area contributed by atoms with Gasteiger partial charge in [0.1, 0.15) is 0 Å². The Morgan fingerprint density at radius 2 is 2.21 bits per heavy atom. The zero-order chi connectivity index (χ0) is 16.7. The molecule has 24 heavy (non-hydrogen) atoms. The van der Waals surface area contributed by atoms with Gasteiger partial charge < -0.3 is 5.32 Å². The molecule has 0 bridgehead atoms. The van der Waals surface area contributed by atoms with Crippen LogP contribution in [0, 0.1) is 12.8 Å². The normalized spacial score (nSPS) is 22.6. The highest BCUT2D eigenvalue weighted by Gasteiger charge is 2.39. The van der Waals surface area contributed by atoms with Crippen LogP contribution in [0.1, 0.15) is 52.2 Å². The molecular formula is C20H25N3O. The molecule has 1 aromatic heterocycles. The first-order valence-electron chi connectivity index (χ1n) is 8.95. The Balaban J connectivity index is 1.44. The lowest BCUT2D eigenvalue weighted by Crippen LogP contribution is -2.20. The Hall–Kier alpha value is -1.94. The molecule has 4 nitrogen and oxygen atoms in total. The average Bonchev–Trinajstić information content (AvgIpc) is 3.46. The number of benzene rings is 1. The van der Waals surface area contributed by atoms with E-state index in [1.807, 2.05) is 19.3 Å². The van der Waals surface area contributed by atoms with Crippen LogP contribution < -0.4 is 5.32 Å². The lowest BCUT2D eigenvalue weighted by molar-refractivity contribution is 0.0993. The van der Waals surface area contributed by atoms with E-state index in [4.69, 9.17) is 0 Å². The number of Topliss-reactive ketones (excluding diaryl/α,β-unsaturated/α-hetero) is 1. The number of carbonyl (C=O) groups excluding carboxylic acids is 1. The van der Waals surface area contributed by atoms with Crippen molar-refractivity contribution in [2.45, 2.75) is 44.6 Å². The monoisotopic (exact) mass is 323 g/mol. The molecule has 2 atom stereocenters. The smallest absolute Gasteiger partial charge is 0.167 e. The lowest BCUT2D eigenvalue weighted by atomic mass is 9.97. The highest BCUT2D eigenvalue weighted by molar-refractivity contribution is 5.97. The maximum atomic E-state index is 12.6. The maximum Gasteiger partial charge on any atom is 0.167 e. The number of hydrogen-bond donors (Lipinski definition) is 1. The summed E-state index contributed by atoms with van der Waals surface area (Å²) in [6.45, 7) is 3.32. The summed E-state index contributed by atoms with van der Waals surface area (Å²) >= 11 is 0. The minimum Gasteiger partial charge on any atom is -0.313 e. The SMILES string of the molecule is Cc1ccc(C(=O)Cc2cnn(C)c2)cc1C1CC1NCC1CC1. The van der Waals surface area contributed by atoms with Crippen LogP contribution in [0.25, 0.3) is 0 Å². The molecule has 1 N–H and O–H groups in total. The van der Waals surface area contributed by atoms with Crippen molar-refractivity contribution in [3.8, 4) is 0 Å². The summed E-state index contributed by atoms with van der Waals surface area (Å²) in [5.74, 6) is 1.67. The molecule has 0 spiro atoms. The van der Waals surface area contributed by atoms with Crippen LogP contribution in [0.3, 0.4) is 0 Å². The largest absolute Gasteiger partial charge is 0.313 e. The molecule has 4 heteroatoms. The van der Waals surface area contributed by atoms with Gasteiger partial charge in [0.2, 0.25) is 0 Å². The molecule has 0 amide bonds. The van der Waals surface area contributed by atoms with Gasteiger partial charge in [-0.1, -0.05) is 12.1 Å². The van der Waals surface area contributed by atoms with E-state index < -0.39 is 0 Å². The molecule has 2 aromatic rings. The fourth-order valence-electron chi connectivity index (χ4n) is 3.47. The zero-order valence-electron chi connectivity index (χ0n) is 14.5. The molecule has 126 valence electrons. The van der Waals surface area contributed by atoms with Gasteiger partial charge in [-0.15, -0.1) is 0 Å². The molecule has 2 fully saturated rings. The van der Waals surface area contributed by atoms with Crippen molar-refractivity contribution in [1.29, 1.82) is 0 Å². The van der Waals surface area contributed by atoms with E-state index in [0.29, 0.717) is 18.4 Å². The summed E-state index contributed by atoms with van der Waals surface area (Å²) in [7, 11) is 1.87. The molecule has 2 aliphatic rings. The summed E-state index contributed by atoms with van der Waals surface area (Å²) < 4.78 is 1.74. The molecule has 1 aromatic carbocycles. The molecule has 2 unspecified atom stereocenters. The van der Waals surface area contributed by atoms with Crippen LogP contribution in [-0.2, 0) is 13.5 Å². The minimum absolute atomic E-state index is 0.174. The van der Waals surface area contributed by atoms with E-state index >= 15 is 0 Å². The molecule has 4 rings (SSSR count). The molecule has 2 saturated carbocycles. The third-order valence-electron chi connectivity index (χ3n) is 5.28. The molecule has 1 heterocycles. The van der Waals surface area contributed by atoms with E-state index in [2.05, 4.69) is 29.5 Å². The number of hydrogen-bond acceptors (Lipinski definition) is 3. The average molecular weight is 323 g/mol. The van der Waals surface area contributed by atoms with Crippen molar-refractivity contribution in [3.63, 3.8) is 0 Å². The molecule has 0 saturated heterocycles. The Kier molecular flexibility index (Phi) is 4.01. The van der Waals surface area contributed by atoms with E-state index in [9.17, 15) is 4.79 Å². The number of ketones is 1. The van der Waals surface area contributed by atoms with Crippen LogP contribution in [0.4, 0.5) is 0 Å². The van der Waals surface area contributed by atoms with Crippen molar-refractivity contribution in [1.82, 2.24) is 15.1 Å². The first-order chi connectivity index (χ1) is 11.6. The molecule has 0 radical (unpaired) electrons. The van der Waals surface area contributed by atoms with E-state index in [-0.39, 0.29) is 5.78 Å². The molecular weight excluding hydrogens is 298 g/mol. The maximum absolute atomic E-state index is 12.6. The Labute approximate surface area is 143 Å². The highest BCUT2D eigenvalue weighted by atomic mass is 16.1. The second-order valence-electron chi connectivity index (χ2n) is 7.49. The standard InChI is InChI=1S/C20H25N3O/c1-13-3-6-16(20(24)7-15-11-22-23(2)12-15)8-17(13)18-9-19(18)21-10-14-4-5-14/h3,6,8,11-12,14,18-19,21H,4-5,7,9-10H2,1-2H3. The second-order valence-corrected chi connectivity index (χ2v) is 7.49. The summed E-state index contributed by atoms with van der Waals surface area (Å²) in [5, 5.41) is 7.83. The number of nitrogens with zero attached hydrogens (tertiary/aromatic N) is 2. The van der Waals surface area contributed by atoms with Gasteiger partial charge in [-0.3, -0.25) is 9.48 Å². The minimum atomic E-state index is 0.174. The fraction of sp³-hybridized carbons (Fsp3) is 0.500. The summed E-state index contributed by atoms with van der Waals surface area (Å²) in [6, 6.07) is 6.79. The van der Waals surface area contributed by atoms with Crippen LogP contribution >= 0.6 is 0 Å². The highest BCUT2D eigenvalue weighted by Crippen LogP contribution is 2.43. The molecule has 2 aliphatic carbocycles. The number of nitrogens with one attached hydrogen (secondary N) is 1. The number of aryl methyl sites for hydroxylation is 2. The number of aromatic nitrogens is 2. The first kappa shape index (κ1) is 15.6. The van der Waals surface area contributed by atoms with Crippen molar-refractivity contribution < 1.29 is 4.79 Å². The second kappa shape index (κ2) is 6.17. The van der Waals surface area contributed by atoms with Crippen molar-refractivity contribution in [3.05, 3.63) is 52.8 Å². The predicted octanol–water partition coefficient (Wildman–Crippen LogP) is 3.01. The predicted molar refractivity (Wildman–Crippen MR) is 94.3 cm³/mol. The van der Waals surface area contributed by atoms with Crippen LogP contribution in [-0.4, -0.2) is 28.2 Å².